The molecule has 0 amide bonds. The molecule has 0 aliphatic heterocycles. The van der Waals surface area contributed by atoms with Crippen LogP contribution in [0.3, 0.4) is 0 Å². The van der Waals surface area contributed by atoms with E-state index in [0.29, 0.717) is 6.04 Å². The zero-order valence-electron chi connectivity index (χ0n) is 15.5. The van der Waals surface area contributed by atoms with Crippen molar-refractivity contribution < 1.29 is 15.3 Å². The lowest BCUT2D eigenvalue weighted by molar-refractivity contribution is 0.475. The summed E-state index contributed by atoms with van der Waals surface area (Å²) in [4.78, 5) is 0. The van der Waals surface area contributed by atoms with Gasteiger partial charge in [-0.15, -0.1) is 33.2 Å². The van der Waals surface area contributed by atoms with Gasteiger partial charge in [-0.1, -0.05) is 0 Å². The summed E-state index contributed by atoms with van der Waals surface area (Å²) in [5.74, 6) is 0.575. The maximum absolute atomic E-state index is 9.82. The number of hydrogen-bond acceptors (Lipinski definition) is 3. The molecule has 0 spiro atoms. The molecular weight excluding hydrogens is 466 g/mol. The third-order valence-corrected chi connectivity index (χ3v) is 12.0. The first-order valence-corrected chi connectivity index (χ1v) is 16.3. The van der Waals surface area contributed by atoms with E-state index in [1.165, 1.54) is 0 Å². The van der Waals surface area contributed by atoms with Crippen molar-refractivity contribution in [3.05, 3.63) is 72.8 Å². The third kappa shape index (κ3) is 5.39. The molecule has 0 bridgehead atoms. The molecule has 152 valence electrons. The molecule has 0 saturated heterocycles. The summed E-state index contributed by atoms with van der Waals surface area (Å²) < 4.78 is 0. The molecule has 0 saturated carbocycles. The number of benzene rings is 3. The minimum atomic E-state index is -2.77. The van der Waals surface area contributed by atoms with Crippen LogP contribution in [-0.4, -0.2) is 27.5 Å². The number of halogens is 3. The Hall–Kier alpha value is -1.42. The van der Waals surface area contributed by atoms with Crippen LogP contribution in [0, 0.1) is 0 Å². The van der Waals surface area contributed by atoms with Crippen molar-refractivity contribution in [3.8, 4) is 17.2 Å². The molecule has 3 aromatic carbocycles. The Morgan fingerprint density at radius 3 is 1.17 bits per heavy atom. The molecule has 0 atom stereocenters. The first kappa shape index (κ1) is 22.3. The molecule has 0 fully saturated rings. The van der Waals surface area contributed by atoms with E-state index >= 15 is 0 Å². The zero-order chi connectivity index (χ0) is 21.1. The van der Waals surface area contributed by atoms with Crippen LogP contribution in [0.15, 0.2) is 72.8 Å². The Morgan fingerprint density at radius 2 is 0.897 bits per heavy atom. The predicted octanol–water partition coefficient (Wildman–Crippen LogP) is 5.14. The first-order chi connectivity index (χ1) is 13.7. The fourth-order valence-corrected chi connectivity index (χ4v) is 9.83. The second-order valence-electron chi connectivity index (χ2n) is 6.80. The normalized spacial score (nSPS) is 12.1. The smallest absolute Gasteiger partial charge is 0.341 e. The molecule has 0 heterocycles. The molecule has 3 N–H and O–H groups in total. The van der Waals surface area contributed by atoms with Gasteiger partial charge in [0, 0.05) is 0 Å². The molecule has 3 aromatic rings. The molecule has 0 aliphatic carbocycles. The first-order valence-electron chi connectivity index (χ1n) is 9.04. The number of rotatable bonds is 7. The maximum atomic E-state index is 9.82. The molecule has 3 rings (SSSR count). The van der Waals surface area contributed by atoms with E-state index < -0.39 is 13.3 Å². The molecule has 0 aromatic heterocycles. The Kier molecular flexibility index (Phi) is 7.03. The maximum Gasteiger partial charge on any atom is 0.341 e. The van der Waals surface area contributed by atoms with Crippen LogP contribution in [0.5, 0.6) is 17.2 Å². The van der Waals surface area contributed by atoms with Crippen molar-refractivity contribution in [3.63, 3.8) is 0 Å². The molecular formula is C21H21Cl3O3PSi+. The van der Waals surface area contributed by atoms with Crippen molar-refractivity contribution >= 4 is 62.4 Å². The van der Waals surface area contributed by atoms with E-state index in [1.807, 2.05) is 36.4 Å². The topological polar surface area (TPSA) is 60.7 Å². The van der Waals surface area contributed by atoms with Crippen molar-refractivity contribution in [1.29, 1.82) is 0 Å². The fourth-order valence-electron chi connectivity index (χ4n) is 3.47. The van der Waals surface area contributed by atoms with Crippen molar-refractivity contribution in [2.75, 3.05) is 6.16 Å². The van der Waals surface area contributed by atoms with Gasteiger partial charge in [0.15, 0.2) is 0 Å². The lowest BCUT2D eigenvalue weighted by Gasteiger charge is -2.28. The number of phenols is 3. The highest BCUT2D eigenvalue weighted by atomic mass is 35.8. The zero-order valence-corrected chi connectivity index (χ0v) is 19.6. The Balaban J connectivity index is 2.20. The lowest BCUT2D eigenvalue weighted by Crippen LogP contribution is -2.33. The molecule has 0 radical (unpaired) electrons. The van der Waals surface area contributed by atoms with Crippen LogP contribution in [0.2, 0.25) is 6.04 Å². The Bertz CT molecular complexity index is 832. The number of aromatic hydroxyl groups is 3. The van der Waals surface area contributed by atoms with E-state index in [-0.39, 0.29) is 17.2 Å². The average molecular weight is 487 g/mol. The van der Waals surface area contributed by atoms with Crippen molar-refractivity contribution in [2.24, 2.45) is 0 Å². The van der Waals surface area contributed by atoms with E-state index in [9.17, 15) is 15.3 Å². The highest BCUT2D eigenvalue weighted by molar-refractivity contribution is 7.95. The summed E-state index contributed by atoms with van der Waals surface area (Å²) in [7, 11) is -2.19. The van der Waals surface area contributed by atoms with Crippen LogP contribution >= 0.6 is 40.5 Å². The third-order valence-electron chi connectivity index (χ3n) is 4.83. The van der Waals surface area contributed by atoms with Crippen molar-refractivity contribution in [1.82, 2.24) is 0 Å². The molecule has 8 heteroatoms. The average Bonchev–Trinajstić information content (AvgIpc) is 2.67. The highest BCUT2D eigenvalue weighted by Gasteiger charge is 2.45. The summed E-state index contributed by atoms with van der Waals surface area (Å²) in [6, 6.07) is 19.4. The quantitative estimate of drug-likeness (QED) is 0.246. The monoisotopic (exact) mass is 485 g/mol. The van der Waals surface area contributed by atoms with Gasteiger partial charge in [0.2, 0.25) is 0 Å². The van der Waals surface area contributed by atoms with Gasteiger partial charge in [-0.3, -0.25) is 0 Å². The summed E-state index contributed by atoms with van der Waals surface area (Å²) in [5.41, 5.74) is 0. The predicted molar refractivity (Wildman–Crippen MR) is 128 cm³/mol. The van der Waals surface area contributed by atoms with Gasteiger partial charge < -0.3 is 15.3 Å². The van der Waals surface area contributed by atoms with Crippen LogP contribution < -0.4 is 15.9 Å². The van der Waals surface area contributed by atoms with Crippen LogP contribution in [0.25, 0.3) is 0 Å². The van der Waals surface area contributed by atoms with Crippen LogP contribution in [0.1, 0.15) is 6.42 Å². The second kappa shape index (κ2) is 9.16. The molecule has 0 aliphatic rings. The number of phenolic OH excluding ortho intramolecular Hbond substituents is 3. The van der Waals surface area contributed by atoms with Gasteiger partial charge in [0.25, 0.3) is 0 Å². The summed E-state index contributed by atoms with van der Waals surface area (Å²) in [6.45, 7) is 0. The second-order valence-corrected chi connectivity index (χ2v) is 19.7. The molecule has 0 unspecified atom stereocenters. The minimum Gasteiger partial charge on any atom is -0.508 e. The summed E-state index contributed by atoms with van der Waals surface area (Å²) in [5, 5.41) is 32.7. The van der Waals surface area contributed by atoms with E-state index in [0.717, 1.165) is 28.5 Å². The standard InChI is InChI=1S/C21H20Cl3O3PSi/c22-29(23,24)15-1-14-28(19-8-2-16(25)3-9-19,20-10-4-17(26)5-11-20)21-12-6-18(27)7-13-21/h2-13H,1,14-15H2,(H2-,25,26,27)/p+1. The Labute approximate surface area is 186 Å². The van der Waals surface area contributed by atoms with Gasteiger partial charge >= 0.3 is 6.00 Å². The van der Waals surface area contributed by atoms with E-state index in [2.05, 4.69) is 0 Å². The minimum absolute atomic E-state index is 0.192. The largest absolute Gasteiger partial charge is 0.508 e. The highest BCUT2D eigenvalue weighted by Crippen LogP contribution is 2.56. The fraction of sp³-hybridized carbons (Fsp3) is 0.143. The number of hydrogen-bond donors (Lipinski definition) is 3. The van der Waals surface area contributed by atoms with Crippen molar-refractivity contribution in [2.45, 2.75) is 12.5 Å². The van der Waals surface area contributed by atoms with Gasteiger partial charge in [0.1, 0.15) is 40.4 Å². The lowest BCUT2D eigenvalue weighted by atomic mass is 10.3. The Morgan fingerprint density at radius 1 is 0.586 bits per heavy atom. The van der Waals surface area contributed by atoms with Gasteiger partial charge in [-0.05, 0) is 85.3 Å². The van der Waals surface area contributed by atoms with Gasteiger partial charge in [-0.25, -0.2) is 0 Å². The summed E-state index contributed by atoms with van der Waals surface area (Å²) in [6.07, 6.45) is 1.48. The van der Waals surface area contributed by atoms with Crippen LogP contribution in [0.4, 0.5) is 0 Å². The van der Waals surface area contributed by atoms with Crippen LogP contribution in [-0.2, 0) is 0 Å². The van der Waals surface area contributed by atoms with Gasteiger partial charge in [0.05, 0.1) is 6.16 Å². The molecule has 3 nitrogen and oxygen atoms in total. The van der Waals surface area contributed by atoms with Gasteiger partial charge in [-0.2, -0.15) is 0 Å². The molecule has 29 heavy (non-hydrogen) atoms. The SMILES string of the molecule is Oc1ccc([P+](CCC[Si](Cl)(Cl)Cl)(c2ccc(O)cc2)c2ccc(O)cc2)cc1. The summed E-state index contributed by atoms with van der Waals surface area (Å²) >= 11 is 18.4. The van der Waals surface area contributed by atoms with E-state index in [4.69, 9.17) is 33.2 Å². The van der Waals surface area contributed by atoms with E-state index in [1.54, 1.807) is 36.4 Å².